The molecule has 2 aromatic rings. The standard InChI is InChI=1S/C18H18ClNO3S/c1-24-16-7-5-14(6-8-16)18(22)23-12-17(21)20-10-9-13-3-2-4-15(19)11-13/h2-8,11H,9-10,12H2,1H3,(H,20,21). The highest BCUT2D eigenvalue weighted by atomic mass is 35.5. The highest BCUT2D eigenvalue weighted by Crippen LogP contribution is 2.15. The maximum atomic E-state index is 11.9. The fourth-order valence-electron chi connectivity index (χ4n) is 2.03. The van der Waals surface area contributed by atoms with Crippen molar-refractivity contribution in [2.45, 2.75) is 11.3 Å². The van der Waals surface area contributed by atoms with Gasteiger partial charge in [-0.3, -0.25) is 4.79 Å². The van der Waals surface area contributed by atoms with Gasteiger partial charge in [-0.15, -0.1) is 11.8 Å². The van der Waals surface area contributed by atoms with Crippen molar-refractivity contribution in [1.82, 2.24) is 5.32 Å². The fraction of sp³-hybridized carbons (Fsp3) is 0.222. The van der Waals surface area contributed by atoms with E-state index in [1.54, 1.807) is 30.0 Å². The lowest BCUT2D eigenvalue weighted by Gasteiger charge is -2.07. The number of thioether (sulfide) groups is 1. The van der Waals surface area contributed by atoms with Gasteiger partial charge in [0.05, 0.1) is 5.56 Å². The third-order valence-corrected chi connectivity index (χ3v) is 4.26. The molecule has 2 aromatic carbocycles. The zero-order chi connectivity index (χ0) is 17.4. The third kappa shape index (κ3) is 5.91. The van der Waals surface area contributed by atoms with Gasteiger partial charge in [0.2, 0.25) is 0 Å². The maximum Gasteiger partial charge on any atom is 0.338 e. The molecule has 0 aliphatic rings. The zero-order valence-electron chi connectivity index (χ0n) is 13.3. The highest BCUT2D eigenvalue weighted by molar-refractivity contribution is 7.98. The van der Waals surface area contributed by atoms with Gasteiger partial charge in [0, 0.05) is 16.5 Å². The summed E-state index contributed by atoms with van der Waals surface area (Å²) in [4.78, 5) is 24.6. The van der Waals surface area contributed by atoms with Crippen molar-refractivity contribution in [3.05, 3.63) is 64.7 Å². The smallest absolute Gasteiger partial charge is 0.338 e. The first-order chi connectivity index (χ1) is 11.6. The number of hydrogen-bond acceptors (Lipinski definition) is 4. The second-order valence-corrected chi connectivity index (χ2v) is 6.35. The van der Waals surface area contributed by atoms with Crippen molar-refractivity contribution in [3.8, 4) is 0 Å². The Kier molecular flexibility index (Phi) is 7.15. The number of carbonyl (C=O) groups is 2. The predicted octanol–water partition coefficient (Wildman–Crippen LogP) is 3.58. The van der Waals surface area contributed by atoms with Crippen molar-refractivity contribution in [2.24, 2.45) is 0 Å². The average Bonchev–Trinajstić information content (AvgIpc) is 2.60. The zero-order valence-corrected chi connectivity index (χ0v) is 14.8. The Hall–Kier alpha value is -1.98. The molecule has 2 rings (SSSR count). The molecule has 0 bridgehead atoms. The molecule has 126 valence electrons. The number of hydrogen-bond donors (Lipinski definition) is 1. The lowest BCUT2D eigenvalue weighted by atomic mass is 10.1. The molecule has 0 radical (unpaired) electrons. The summed E-state index contributed by atoms with van der Waals surface area (Å²) >= 11 is 7.49. The van der Waals surface area contributed by atoms with Crippen LogP contribution in [0.3, 0.4) is 0 Å². The van der Waals surface area contributed by atoms with Gasteiger partial charge < -0.3 is 10.1 Å². The highest BCUT2D eigenvalue weighted by Gasteiger charge is 2.10. The molecular formula is C18H18ClNO3S. The SMILES string of the molecule is CSc1ccc(C(=O)OCC(=O)NCCc2cccc(Cl)c2)cc1. The van der Waals surface area contributed by atoms with E-state index in [1.807, 2.05) is 36.6 Å². The number of benzene rings is 2. The van der Waals surface area contributed by atoms with Crippen molar-refractivity contribution in [1.29, 1.82) is 0 Å². The van der Waals surface area contributed by atoms with E-state index < -0.39 is 5.97 Å². The monoisotopic (exact) mass is 363 g/mol. The van der Waals surface area contributed by atoms with Crippen LogP contribution in [0, 0.1) is 0 Å². The van der Waals surface area contributed by atoms with Gasteiger partial charge in [-0.1, -0.05) is 23.7 Å². The normalized spacial score (nSPS) is 10.2. The lowest BCUT2D eigenvalue weighted by molar-refractivity contribution is -0.124. The molecule has 0 unspecified atom stereocenters. The van der Waals surface area contributed by atoms with Crippen LogP contribution in [0.25, 0.3) is 0 Å². The second kappa shape index (κ2) is 9.35. The molecule has 0 spiro atoms. The summed E-state index contributed by atoms with van der Waals surface area (Å²) < 4.78 is 5.01. The first kappa shape index (κ1) is 18.4. The molecule has 4 nitrogen and oxygen atoms in total. The number of nitrogens with one attached hydrogen (secondary N) is 1. The van der Waals surface area contributed by atoms with E-state index in [4.69, 9.17) is 16.3 Å². The summed E-state index contributed by atoms with van der Waals surface area (Å²) in [6, 6.07) is 14.5. The van der Waals surface area contributed by atoms with Crippen molar-refractivity contribution in [3.63, 3.8) is 0 Å². The van der Waals surface area contributed by atoms with E-state index in [2.05, 4.69) is 5.32 Å². The molecule has 0 aliphatic carbocycles. The molecule has 0 fully saturated rings. The molecule has 0 aliphatic heterocycles. The Balaban J connectivity index is 1.71. The lowest BCUT2D eigenvalue weighted by Crippen LogP contribution is -2.30. The van der Waals surface area contributed by atoms with E-state index in [0.29, 0.717) is 23.6 Å². The summed E-state index contributed by atoms with van der Waals surface area (Å²) in [6.45, 7) is 0.164. The molecule has 6 heteroatoms. The molecule has 24 heavy (non-hydrogen) atoms. The Morgan fingerprint density at radius 1 is 1.17 bits per heavy atom. The van der Waals surface area contributed by atoms with Crippen molar-refractivity contribution in [2.75, 3.05) is 19.4 Å². The van der Waals surface area contributed by atoms with Crippen LogP contribution in [0.2, 0.25) is 5.02 Å². The molecule has 0 aromatic heterocycles. The minimum Gasteiger partial charge on any atom is -0.452 e. The fourth-order valence-corrected chi connectivity index (χ4v) is 2.65. The minimum atomic E-state index is -0.507. The molecule has 1 amide bonds. The van der Waals surface area contributed by atoms with Crippen LogP contribution < -0.4 is 5.32 Å². The predicted molar refractivity (Wildman–Crippen MR) is 96.7 cm³/mol. The van der Waals surface area contributed by atoms with Gasteiger partial charge in [-0.2, -0.15) is 0 Å². The third-order valence-electron chi connectivity index (χ3n) is 3.28. The number of halogens is 1. The Labute approximate surface area is 150 Å². The van der Waals surface area contributed by atoms with Crippen LogP contribution in [0.1, 0.15) is 15.9 Å². The molecular weight excluding hydrogens is 346 g/mol. The van der Waals surface area contributed by atoms with Crippen LogP contribution in [-0.2, 0) is 16.0 Å². The van der Waals surface area contributed by atoms with Crippen LogP contribution in [0.5, 0.6) is 0 Å². The van der Waals surface area contributed by atoms with E-state index in [0.717, 1.165) is 10.5 Å². The van der Waals surface area contributed by atoms with Crippen molar-refractivity contribution < 1.29 is 14.3 Å². The van der Waals surface area contributed by atoms with Crippen molar-refractivity contribution >= 4 is 35.2 Å². The Morgan fingerprint density at radius 2 is 1.92 bits per heavy atom. The van der Waals surface area contributed by atoms with E-state index in [-0.39, 0.29) is 12.5 Å². The summed E-state index contributed by atoms with van der Waals surface area (Å²) in [7, 11) is 0. The topological polar surface area (TPSA) is 55.4 Å². The van der Waals surface area contributed by atoms with Crippen LogP contribution >= 0.6 is 23.4 Å². The molecule has 0 saturated carbocycles. The molecule has 0 atom stereocenters. The summed E-state index contributed by atoms with van der Waals surface area (Å²) in [6.07, 6.45) is 2.62. The maximum absolute atomic E-state index is 11.9. The van der Waals surface area contributed by atoms with Gasteiger partial charge in [0.25, 0.3) is 5.91 Å². The van der Waals surface area contributed by atoms with E-state index >= 15 is 0 Å². The number of amides is 1. The average molecular weight is 364 g/mol. The number of rotatable bonds is 7. The molecule has 0 saturated heterocycles. The number of esters is 1. The van der Waals surface area contributed by atoms with Gasteiger partial charge in [0.1, 0.15) is 0 Å². The first-order valence-corrected chi connectivity index (χ1v) is 9.01. The molecule has 0 heterocycles. The second-order valence-electron chi connectivity index (χ2n) is 5.03. The minimum absolute atomic E-state index is 0.293. The van der Waals surface area contributed by atoms with Gasteiger partial charge >= 0.3 is 5.97 Å². The summed E-state index contributed by atoms with van der Waals surface area (Å²) in [5, 5.41) is 3.38. The quantitative estimate of drug-likeness (QED) is 0.603. The van der Waals surface area contributed by atoms with Crippen LogP contribution in [-0.4, -0.2) is 31.3 Å². The van der Waals surface area contributed by atoms with E-state index in [9.17, 15) is 9.59 Å². The largest absolute Gasteiger partial charge is 0.452 e. The first-order valence-electron chi connectivity index (χ1n) is 7.41. The molecule has 1 N–H and O–H groups in total. The summed E-state index contributed by atoms with van der Waals surface area (Å²) in [5.74, 6) is -0.834. The van der Waals surface area contributed by atoms with Gasteiger partial charge in [0.15, 0.2) is 6.61 Å². The summed E-state index contributed by atoms with van der Waals surface area (Å²) in [5.41, 5.74) is 1.47. The number of ether oxygens (including phenoxy) is 1. The van der Waals surface area contributed by atoms with Gasteiger partial charge in [-0.05, 0) is 54.6 Å². The van der Waals surface area contributed by atoms with Crippen LogP contribution in [0.15, 0.2) is 53.4 Å². The van der Waals surface area contributed by atoms with Crippen LogP contribution in [0.4, 0.5) is 0 Å². The number of carbonyl (C=O) groups excluding carboxylic acids is 2. The van der Waals surface area contributed by atoms with E-state index in [1.165, 1.54) is 0 Å². The Bertz CT molecular complexity index is 704. The Morgan fingerprint density at radius 3 is 2.58 bits per heavy atom. The van der Waals surface area contributed by atoms with Gasteiger partial charge in [-0.25, -0.2) is 4.79 Å².